The van der Waals surface area contributed by atoms with Crippen LogP contribution in [0.4, 0.5) is 24.5 Å². The molecule has 0 aliphatic rings. The number of benzene rings is 3. The van der Waals surface area contributed by atoms with E-state index in [0.29, 0.717) is 11.4 Å². The van der Waals surface area contributed by atoms with E-state index in [2.05, 4.69) is 5.32 Å². The zero-order valence-corrected chi connectivity index (χ0v) is 18.6. The van der Waals surface area contributed by atoms with Crippen molar-refractivity contribution < 1.29 is 31.1 Å². The number of rotatable bonds is 7. The van der Waals surface area contributed by atoms with Crippen LogP contribution < -0.4 is 14.4 Å². The fourth-order valence-corrected chi connectivity index (χ4v) is 4.07. The Morgan fingerprint density at radius 3 is 2.24 bits per heavy atom. The number of halogens is 3. The quantitative estimate of drug-likeness (QED) is 0.527. The summed E-state index contributed by atoms with van der Waals surface area (Å²) in [5.74, 6) is -0.350. The van der Waals surface area contributed by atoms with Crippen LogP contribution in [0.15, 0.2) is 77.7 Å². The molecule has 0 fully saturated rings. The number of nitrogens with one attached hydrogen (secondary N) is 1. The van der Waals surface area contributed by atoms with Gasteiger partial charge in [0.1, 0.15) is 5.75 Å². The average molecular weight is 478 g/mol. The van der Waals surface area contributed by atoms with Gasteiger partial charge in [-0.3, -0.25) is 9.10 Å². The van der Waals surface area contributed by atoms with Gasteiger partial charge in [0, 0.05) is 12.7 Å². The number of ether oxygens (including phenoxy) is 1. The van der Waals surface area contributed by atoms with Gasteiger partial charge in [0.05, 0.1) is 16.1 Å². The molecule has 0 saturated carbocycles. The first-order chi connectivity index (χ1) is 15.5. The predicted octanol–water partition coefficient (Wildman–Crippen LogP) is 4.86. The number of anilines is 2. The van der Waals surface area contributed by atoms with E-state index in [9.17, 15) is 26.4 Å². The van der Waals surface area contributed by atoms with Gasteiger partial charge in [-0.15, -0.1) is 0 Å². The highest BCUT2D eigenvalue weighted by Crippen LogP contribution is 2.30. The number of alkyl halides is 3. The van der Waals surface area contributed by atoms with E-state index in [-0.39, 0.29) is 10.6 Å². The molecule has 1 N–H and O–H groups in total. The predicted molar refractivity (Wildman–Crippen MR) is 119 cm³/mol. The van der Waals surface area contributed by atoms with Crippen LogP contribution in [0.2, 0.25) is 0 Å². The van der Waals surface area contributed by atoms with E-state index < -0.39 is 34.3 Å². The maximum Gasteiger partial charge on any atom is 0.416 e. The van der Waals surface area contributed by atoms with Gasteiger partial charge in [0.2, 0.25) is 0 Å². The molecule has 1 amide bonds. The first-order valence-corrected chi connectivity index (χ1v) is 11.2. The molecule has 0 saturated heterocycles. The second kappa shape index (κ2) is 9.53. The molecule has 3 aromatic carbocycles. The maximum atomic E-state index is 12.8. The summed E-state index contributed by atoms with van der Waals surface area (Å²) in [7, 11) is -2.32. The third-order valence-electron chi connectivity index (χ3n) is 4.72. The van der Waals surface area contributed by atoms with E-state index in [1.807, 2.05) is 6.92 Å². The number of sulfonamides is 1. The Bertz CT molecular complexity index is 1230. The van der Waals surface area contributed by atoms with Crippen LogP contribution in [0.3, 0.4) is 0 Å². The summed E-state index contributed by atoms with van der Waals surface area (Å²) < 4.78 is 70.3. The van der Waals surface area contributed by atoms with Gasteiger partial charge < -0.3 is 10.1 Å². The van der Waals surface area contributed by atoms with Crippen molar-refractivity contribution in [3.8, 4) is 5.75 Å². The highest BCUT2D eigenvalue weighted by molar-refractivity contribution is 7.92. The summed E-state index contributed by atoms with van der Waals surface area (Å²) in [4.78, 5) is 12.2. The van der Waals surface area contributed by atoms with Crippen molar-refractivity contribution in [1.29, 1.82) is 0 Å². The molecule has 0 heterocycles. The van der Waals surface area contributed by atoms with E-state index in [1.165, 1.54) is 55.6 Å². The van der Waals surface area contributed by atoms with Gasteiger partial charge in [0.15, 0.2) is 6.61 Å². The van der Waals surface area contributed by atoms with E-state index in [0.717, 1.165) is 22.0 Å². The lowest BCUT2D eigenvalue weighted by atomic mass is 10.2. The molecule has 10 heteroatoms. The highest BCUT2D eigenvalue weighted by atomic mass is 32.2. The topological polar surface area (TPSA) is 75.7 Å². The zero-order valence-electron chi connectivity index (χ0n) is 17.8. The second-order valence-electron chi connectivity index (χ2n) is 7.19. The number of carbonyl (C=O) groups is 1. The summed E-state index contributed by atoms with van der Waals surface area (Å²) in [6, 6.07) is 16.8. The van der Waals surface area contributed by atoms with Gasteiger partial charge in [-0.25, -0.2) is 8.42 Å². The normalized spacial score (nSPS) is 11.7. The van der Waals surface area contributed by atoms with Crippen molar-refractivity contribution in [1.82, 2.24) is 0 Å². The van der Waals surface area contributed by atoms with E-state index >= 15 is 0 Å². The fourth-order valence-electron chi connectivity index (χ4n) is 2.88. The van der Waals surface area contributed by atoms with Gasteiger partial charge in [0.25, 0.3) is 15.9 Å². The number of aryl methyl sites for hydroxylation is 1. The minimum Gasteiger partial charge on any atom is -0.484 e. The Morgan fingerprint density at radius 2 is 1.64 bits per heavy atom. The van der Waals surface area contributed by atoms with Crippen molar-refractivity contribution >= 4 is 27.3 Å². The van der Waals surface area contributed by atoms with E-state index in [4.69, 9.17) is 4.74 Å². The fraction of sp³-hybridized carbons (Fsp3) is 0.174. The first kappa shape index (κ1) is 24.1. The largest absolute Gasteiger partial charge is 0.484 e. The molecule has 3 aromatic rings. The highest BCUT2D eigenvalue weighted by Gasteiger charge is 2.30. The van der Waals surface area contributed by atoms with E-state index in [1.54, 1.807) is 12.1 Å². The van der Waals surface area contributed by atoms with Crippen LogP contribution >= 0.6 is 0 Å². The summed E-state index contributed by atoms with van der Waals surface area (Å²) >= 11 is 0. The number of carbonyl (C=O) groups excluding carboxylic acids is 1. The van der Waals surface area contributed by atoms with Crippen molar-refractivity contribution in [3.63, 3.8) is 0 Å². The van der Waals surface area contributed by atoms with Crippen LogP contribution in [0.5, 0.6) is 5.75 Å². The first-order valence-electron chi connectivity index (χ1n) is 9.72. The monoisotopic (exact) mass is 478 g/mol. The lowest BCUT2D eigenvalue weighted by molar-refractivity contribution is -0.137. The molecular weight excluding hydrogens is 457 g/mol. The van der Waals surface area contributed by atoms with Crippen molar-refractivity contribution in [2.45, 2.75) is 18.0 Å². The van der Waals surface area contributed by atoms with Crippen molar-refractivity contribution in [2.75, 3.05) is 23.3 Å². The van der Waals surface area contributed by atoms with Crippen LogP contribution in [-0.4, -0.2) is 28.0 Å². The minimum absolute atomic E-state index is 0.00305. The Balaban J connectivity index is 1.60. The second-order valence-corrected chi connectivity index (χ2v) is 9.16. The molecule has 0 aliphatic heterocycles. The number of nitrogens with zero attached hydrogens (tertiary/aromatic N) is 1. The molecule has 0 atom stereocenters. The number of hydrogen-bond acceptors (Lipinski definition) is 4. The molecule has 0 aromatic heterocycles. The lowest BCUT2D eigenvalue weighted by Gasteiger charge is -2.20. The van der Waals surface area contributed by atoms with Crippen LogP contribution in [0.25, 0.3) is 0 Å². The molecule has 6 nitrogen and oxygen atoms in total. The summed E-state index contributed by atoms with van der Waals surface area (Å²) in [6.45, 7) is 1.42. The minimum atomic E-state index is -4.51. The molecule has 3 rings (SSSR count). The van der Waals surface area contributed by atoms with Gasteiger partial charge in [-0.05, 0) is 61.5 Å². The smallest absolute Gasteiger partial charge is 0.416 e. The van der Waals surface area contributed by atoms with Crippen molar-refractivity contribution in [2.24, 2.45) is 0 Å². The van der Waals surface area contributed by atoms with Crippen molar-refractivity contribution in [3.05, 3.63) is 83.9 Å². The SMILES string of the molecule is Cc1ccc(S(=O)(=O)N(C)c2ccc(OCC(=O)Nc3cccc(C(F)(F)F)c3)cc2)cc1. The summed E-state index contributed by atoms with van der Waals surface area (Å²) in [5, 5.41) is 2.34. The Morgan fingerprint density at radius 1 is 1.00 bits per heavy atom. The lowest BCUT2D eigenvalue weighted by Crippen LogP contribution is -2.26. The molecule has 174 valence electrons. The number of hydrogen-bond donors (Lipinski definition) is 1. The molecule has 0 aliphatic carbocycles. The summed E-state index contributed by atoms with van der Waals surface area (Å²) in [6.07, 6.45) is -4.51. The molecule has 0 bridgehead atoms. The maximum absolute atomic E-state index is 12.8. The summed E-state index contributed by atoms with van der Waals surface area (Å²) in [5.41, 5.74) is 0.449. The molecule has 0 spiro atoms. The standard InChI is InChI=1S/C23H21F3N2O4S/c1-16-6-12-21(13-7-16)33(30,31)28(2)19-8-10-20(11-9-19)32-15-22(29)27-18-5-3-4-17(14-18)23(24,25)26/h3-14H,15H2,1-2H3,(H,27,29). The average Bonchev–Trinajstić information content (AvgIpc) is 2.77. The number of amides is 1. The molecular formula is C23H21F3N2O4S. The Labute approximate surface area is 189 Å². The van der Waals surface area contributed by atoms with Crippen LogP contribution in [0.1, 0.15) is 11.1 Å². The third-order valence-corrected chi connectivity index (χ3v) is 6.52. The van der Waals surface area contributed by atoms with Crippen LogP contribution in [-0.2, 0) is 21.0 Å². The van der Waals surface area contributed by atoms with Gasteiger partial charge in [-0.2, -0.15) is 13.2 Å². The molecule has 33 heavy (non-hydrogen) atoms. The third kappa shape index (κ3) is 6.04. The molecule has 0 unspecified atom stereocenters. The Hall–Kier alpha value is -3.53. The Kier molecular flexibility index (Phi) is 6.97. The van der Waals surface area contributed by atoms with Crippen LogP contribution in [0, 0.1) is 6.92 Å². The molecule has 0 radical (unpaired) electrons. The van der Waals surface area contributed by atoms with Gasteiger partial charge in [-0.1, -0.05) is 23.8 Å². The zero-order chi connectivity index (χ0) is 24.2. The van der Waals surface area contributed by atoms with Gasteiger partial charge >= 0.3 is 6.18 Å².